The lowest BCUT2D eigenvalue weighted by Gasteiger charge is -2.37. The molecule has 0 saturated carbocycles. The number of aliphatic hydroxyl groups excluding tert-OH is 1. The van der Waals surface area contributed by atoms with Crippen LogP contribution in [0.3, 0.4) is 0 Å². The second kappa shape index (κ2) is 11.6. The van der Waals surface area contributed by atoms with Gasteiger partial charge in [0.1, 0.15) is 15.9 Å². The van der Waals surface area contributed by atoms with E-state index in [-0.39, 0.29) is 40.6 Å². The molecule has 0 radical (unpaired) electrons. The first kappa shape index (κ1) is 27.0. The van der Waals surface area contributed by atoms with Gasteiger partial charge in [-0.3, -0.25) is 4.79 Å². The highest BCUT2D eigenvalue weighted by Crippen LogP contribution is 2.29. The Balaban J connectivity index is 1.67. The quantitative estimate of drug-likeness (QED) is 0.465. The van der Waals surface area contributed by atoms with Crippen molar-refractivity contribution >= 4 is 39.4 Å². The van der Waals surface area contributed by atoms with Gasteiger partial charge in [0.15, 0.2) is 0 Å². The van der Waals surface area contributed by atoms with Crippen molar-refractivity contribution in [1.82, 2.24) is 14.2 Å². The maximum Gasteiger partial charge on any atom is 0.259 e. The van der Waals surface area contributed by atoms with Crippen molar-refractivity contribution in [3.63, 3.8) is 0 Å². The monoisotopic (exact) mass is 541 g/mol. The molecule has 196 valence electrons. The number of nitrogens with zero attached hydrogens (tertiary/aromatic N) is 3. The maximum atomic E-state index is 13.6. The van der Waals surface area contributed by atoms with Crippen LogP contribution in [0.5, 0.6) is 5.88 Å². The molecule has 3 atom stereocenters. The fourth-order valence-electron chi connectivity index (χ4n) is 4.10. The van der Waals surface area contributed by atoms with E-state index in [9.17, 15) is 18.3 Å². The normalized spacial score (nSPS) is 19.4. The summed E-state index contributed by atoms with van der Waals surface area (Å²) in [7, 11) is -2.16. The van der Waals surface area contributed by atoms with Crippen LogP contribution in [0, 0.1) is 5.92 Å². The molecule has 0 spiro atoms. The molecule has 10 heteroatoms. The van der Waals surface area contributed by atoms with Gasteiger partial charge >= 0.3 is 0 Å². The minimum Gasteiger partial charge on any atom is -0.472 e. The largest absolute Gasteiger partial charge is 0.472 e. The highest BCUT2D eigenvalue weighted by Gasteiger charge is 2.36. The molecule has 1 amide bonds. The van der Waals surface area contributed by atoms with Gasteiger partial charge in [0.2, 0.25) is 5.88 Å². The minimum atomic E-state index is -3.68. The summed E-state index contributed by atoms with van der Waals surface area (Å²) in [6, 6.07) is 14.3. The second-order valence-electron chi connectivity index (χ2n) is 9.21. The third-order valence-electron chi connectivity index (χ3n) is 6.41. The molecule has 0 bridgehead atoms. The predicted octanol–water partition coefficient (Wildman–Crippen LogP) is 3.85. The maximum absolute atomic E-state index is 13.6. The lowest BCUT2D eigenvalue weighted by atomic mass is 10.00. The van der Waals surface area contributed by atoms with E-state index < -0.39 is 22.2 Å². The summed E-state index contributed by atoms with van der Waals surface area (Å²) in [5.74, 6) is -0.370. The van der Waals surface area contributed by atoms with Crippen LogP contribution in [0.4, 0.5) is 0 Å². The smallest absolute Gasteiger partial charge is 0.259 e. The Labute approximate surface area is 221 Å². The summed E-state index contributed by atoms with van der Waals surface area (Å²) in [6.45, 7) is 3.85. The molecular weight excluding hydrogens is 510 g/mol. The summed E-state index contributed by atoms with van der Waals surface area (Å²) in [5.41, 5.74) is 2.01. The van der Waals surface area contributed by atoms with Gasteiger partial charge in [-0.1, -0.05) is 55.5 Å². The number of aliphatic hydroxyl groups is 1. The molecule has 0 saturated heterocycles. The number of ether oxygens (including phenoxy) is 1. The number of benzene rings is 1. The Hall–Kier alpha value is -3.05. The zero-order valence-corrected chi connectivity index (χ0v) is 22.7. The topological polar surface area (TPSA) is 100 Å². The zero-order valence-electron chi connectivity index (χ0n) is 21.0. The van der Waals surface area contributed by atoms with Crippen LogP contribution < -0.4 is 4.74 Å². The number of thiophene rings is 1. The number of sulfonamides is 1. The Kier molecular flexibility index (Phi) is 8.43. The first-order valence-corrected chi connectivity index (χ1v) is 14.3. The first-order chi connectivity index (χ1) is 17.7. The van der Waals surface area contributed by atoms with E-state index in [1.54, 1.807) is 41.6 Å². The number of hydrogen-bond donors (Lipinski definition) is 1. The van der Waals surface area contributed by atoms with E-state index in [1.807, 2.05) is 49.4 Å². The van der Waals surface area contributed by atoms with Gasteiger partial charge in [-0.25, -0.2) is 13.4 Å². The Morgan fingerprint density at radius 1 is 1.22 bits per heavy atom. The summed E-state index contributed by atoms with van der Waals surface area (Å²) in [6.07, 6.45) is 4.86. The van der Waals surface area contributed by atoms with Crippen molar-refractivity contribution in [3.8, 4) is 5.88 Å². The number of amides is 1. The van der Waals surface area contributed by atoms with Gasteiger partial charge in [-0.15, -0.1) is 11.3 Å². The number of hydrogen-bond acceptors (Lipinski definition) is 7. The molecule has 1 N–H and O–H groups in total. The second-order valence-corrected chi connectivity index (χ2v) is 12.4. The molecular formula is C27H31N3O5S2. The average Bonchev–Trinajstić information content (AvgIpc) is 3.46. The molecule has 0 unspecified atom stereocenters. The molecule has 0 aliphatic carbocycles. The van der Waals surface area contributed by atoms with E-state index >= 15 is 0 Å². The number of likely N-dealkylation sites (N-methyl/N-ethyl adjacent to an activating group) is 1. The van der Waals surface area contributed by atoms with Crippen molar-refractivity contribution in [2.24, 2.45) is 5.92 Å². The summed E-state index contributed by atoms with van der Waals surface area (Å²) in [5, 5.41) is 11.6. The van der Waals surface area contributed by atoms with Crippen molar-refractivity contribution in [2.45, 2.75) is 30.2 Å². The lowest BCUT2D eigenvalue weighted by molar-refractivity contribution is 0.0373. The van der Waals surface area contributed by atoms with Crippen LogP contribution in [-0.2, 0) is 10.0 Å². The van der Waals surface area contributed by atoms with Crippen LogP contribution >= 0.6 is 11.3 Å². The molecule has 3 heterocycles. The van der Waals surface area contributed by atoms with Crippen LogP contribution in [0.2, 0.25) is 0 Å². The standard InChI is InChI=1S/C27H31N3O5S2/c1-19-16-30(20(2)18-31)27(32)23-14-22(12-11-21-8-5-4-6-9-21)15-28-26(23)35-24(19)17-29(3)37(33,34)25-10-7-13-36-25/h4-15,19-20,24,31H,16-18H2,1-3H3/b12-11+/t19-,20+,24+/m0/s1. The molecule has 0 fully saturated rings. The summed E-state index contributed by atoms with van der Waals surface area (Å²) < 4.78 is 33.8. The number of pyridine rings is 1. The van der Waals surface area contributed by atoms with Crippen LogP contribution in [0.1, 0.15) is 35.3 Å². The minimum absolute atomic E-state index is 0.0771. The molecule has 1 aromatic carbocycles. The number of carbonyl (C=O) groups is 1. The van der Waals surface area contributed by atoms with Gasteiger partial charge in [0.05, 0.1) is 19.2 Å². The predicted molar refractivity (Wildman–Crippen MR) is 145 cm³/mol. The molecule has 8 nitrogen and oxygen atoms in total. The van der Waals surface area contributed by atoms with E-state index in [0.717, 1.165) is 22.5 Å². The third kappa shape index (κ3) is 6.10. The van der Waals surface area contributed by atoms with E-state index in [1.165, 1.54) is 11.4 Å². The number of rotatable bonds is 8. The number of aromatic nitrogens is 1. The Morgan fingerprint density at radius 3 is 2.62 bits per heavy atom. The Morgan fingerprint density at radius 2 is 1.95 bits per heavy atom. The average molecular weight is 542 g/mol. The molecule has 37 heavy (non-hydrogen) atoms. The van der Waals surface area contributed by atoms with E-state index in [2.05, 4.69) is 4.98 Å². The third-order valence-corrected chi connectivity index (χ3v) is 9.60. The van der Waals surface area contributed by atoms with Crippen LogP contribution in [-0.4, -0.2) is 72.5 Å². The first-order valence-electron chi connectivity index (χ1n) is 12.0. The van der Waals surface area contributed by atoms with Crippen molar-refractivity contribution in [2.75, 3.05) is 26.7 Å². The molecule has 1 aliphatic heterocycles. The van der Waals surface area contributed by atoms with Gasteiger partial charge in [0, 0.05) is 25.7 Å². The van der Waals surface area contributed by atoms with Crippen molar-refractivity contribution < 1.29 is 23.1 Å². The van der Waals surface area contributed by atoms with Gasteiger partial charge in [0.25, 0.3) is 15.9 Å². The molecule has 2 aromatic heterocycles. The van der Waals surface area contributed by atoms with Gasteiger partial charge in [-0.05, 0) is 35.6 Å². The summed E-state index contributed by atoms with van der Waals surface area (Å²) >= 11 is 1.16. The van der Waals surface area contributed by atoms with Crippen molar-refractivity contribution in [3.05, 3.63) is 76.8 Å². The fraction of sp³-hybridized carbons (Fsp3) is 0.333. The van der Waals surface area contributed by atoms with Crippen LogP contribution in [0.15, 0.2) is 64.3 Å². The number of carbonyl (C=O) groups excluding carboxylic acids is 1. The highest BCUT2D eigenvalue weighted by atomic mass is 32.2. The highest BCUT2D eigenvalue weighted by molar-refractivity contribution is 7.91. The SMILES string of the molecule is C[C@H](CO)N1C[C@H](C)[C@@H](CN(C)S(=O)(=O)c2cccs2)Oc2ncc(/C=C/c3ccccc3)cc2C1=O. The Bertz CT molecular complexity index is 1340. The molecule has 4 rings (SSSR count). The molecule has 3 aromatic rings. The fourth-order valence-corrected chi connectivity index (χ4v) is 6.48. The lowest BCUT2D eigenvalue weighted by Crippen LogP contribution is -2.50. The van der Waals surface area contributed by atoms with E-state index in [4.69, 9.17) is 4.74 Å². The van der Waals surface area contributed by atoms with Gasteiger partial charge < -0.3 is 14.7 Å². The van der Waals surface area contributed by atoms with Crippen molar-refractivity contribution in [1.29, 1.82) is 0 Å². The van der Waals surface area contributed by atoms with Gasteiger partial charge in [-0.2, -0.15) is 4.31 Å². The van der Waals surface area contributed by atoms with E-state index in [0.29, 0.717) is 6.54 Å². The number of fused-ring (bicyclic) bond motifs is 1. The summed E-state index contributed by atoms with van der Waals surface area (Å²) in [4.78, 5) is 19.6. The zero-order chi connectivity index (χ0) is 26.6. The molecule has 1 aliphatic rings. The van der Waals surface area contributed by atoms with Crippen LogP contribution in [0.25, 0.3) is 12.2 Å².